The number of aliphatic imine (C=N–C) groups is 4. The number of nitrogens with zero attached hydrogens (tertiary/aromatic N) is 8. The predicted octanol–water partition coefficient (Wildman–Crippen LogP) is 10.8. The summed E-state index contributed by atoms with van der Waals surface area (Å²) in [7, 11) is -4.60. The van der Waals surface area contributed by atoms with Crippen LogP contribution in [0.1, 0.15) is 33.4 Å². The molecule has 61 heavy (non-hydrogen) atoms. The fourth-order valence-electron chi connectivity index (χ4n) is 8.25. The Morgan fingerprint density at radius 3 is 1.39 bits per heavy atom. The van der Waals surface area contributed by atoms with Gasteiger partial charge in [-0.1, -0.05) is 81.8 Å². The molecule has 6 aromatic carbocycles. The maximum Gasteiger partial charge on any atom is 0.738 e. The highest BCUT2D eigenvalue weighted by molar-refractivity contribution is 6.67. The van der Waals surface area contributed by atoms with Gasteiger partial charge in [0.05, 0.1) is 0 Å². The second kappa shape index (κ2) is 13.3. The highest BCUT2D eigenvalue weighted by Crippen LogP contribution is 2.45. The highest BCUT2D eigenvalue weighted by Gasteiger charge is 2.57. The van der Waals surface area contributed by atoms with E-state index in [0.29, 0.717) is 110 Å². The van der Waals surface area contributed by atoms with Crippen molar-refractivity contribution < 1.29 is 8.85 Å². The van der Waals surface area contributed by atoms with Crippen LogP contribution in [0.5, 0.6) is 11.5 Å². The number of aryl methyl sites for hydroxylation is 2. The zero-order valence-corrected chi connectivity index (χ0v) is 36.0. The molecular formula is C46H26Cl4N8O2Si. The molecule has 4 aliphatic rings. The highest BCUT2D eigenvalue weighted by atomic mass is 35.5. The Kier molecular flexibility index (Phi) is 7.98. The normalized spacial score (nSPS) is 15.2. The second-order valence-corrected chi connectivity index (χ2v) is 19.2. The van der Waals surface area contributed by atoms with E-state index < -0.39 is 8.88 Å². The van der Waals surface area contributed by atoms with Gasteiger partial charge in [0.2, 0.25) is 0 Å². The first-order valence-electron chi connectivity index (χ1n) is 19.2. The molecule has 0 saturated heterocycles. The summed E-state index contributed by atoms with van der Waals surface area (Å²) < 4.78 is 19.2. The lowest BCUT2D eigenvalue weighted by atomic mass is 10.1. The molecule has 0 atom stereocenters. The standard InChI is InChI=1S/C46H26Cl4N8O2Si/c1-23-3-11-29(12-4-23)59-61(60-30-13-5-24(2)6-14-30)57-44-33-17-9-27(49)21-37(33)45(57)53-39-31-15-7-25(47)19-35(31)41(51-39)55-43-34-18-10-28(50)22-38(34)46(58(43)61)54-40-32-16-8-26(48)20-36(32)42(52-40)56-44/h3-22H,1-2H3. The molecule has 12 rings (SSSR count). The monoisotopic (exact) mass is 890 g/mol. The lowest BCUT2D eigenvalue weighted by Crippen LogP contribution is -2.68. The topological polar surface area (TPSA) is 102 Å². The molecule has 0 amide bonds. The SMILES string of the molecule is Cc1ccc(O[Si]2(Oc3ccc(C)cc3)n3c4c5cc(Cl)ccc5c3N=C3N=C(N=c5c6cc(Cl)ccc6c(n52)=NC2=NC(=N4)c4ccc(Cl)cc42)c2ccc(Cl)cc23)cc1. The molecule has 6 heterocycles. The van der Waals surface area contributed by atoms with E-state index in [9.17, 15) is 0 Å². The lowest BCUT2D eigenvalue weighted by molar-refractivity contribution is 0.345. The van der Waals surface area contributed by atoms with Gasteiger partial charge in [-0.05, 0) is 111 Å². The van der Waals surface area contributed by atoms with Crippen molar-refractivity contribution >= 4 is 112 Å². The van der Waals surface area contributed by atoms with Crippen molar-refractivity contribution in [3.8, 4) is 11.5 Å². The minimum atomic E-state index is -4.60. The van der Waals surface area contributed by atoms with E-state index in [-0.39, 0.29) is 0 Å². The molecule has 8 aromatic rings. The van der Waals surface area contributed by atoms with Gasteiger partial charge in [-0.15, -0.1) is 0 Å². The average molecular weight is 893 g/mol. The summed E-state index contributed by atoms with van der Waals surface area (Å²) in [4.78, 5) is 32.1. The summed E-state index contributed by atoms with van der Waals surface area (Å²) in [5.41, 5.74) is 5.84. The molecule has 0 unspecified atom stereocenters. The lowest BCUT2D eigenvalue weighted by Gasteiger charge is -2.33. The third kappa shape index (κ3) is 5.62. The fourth-order valence-corrected chi connectivity index (χ4v) is 12.2. The maximum atomic E-state index is 7.66. The van der Waals surface area contributed by atoms with Gasteiger partial charge in [0, 0.05) is 63.9 Å². The minimum Gasteiger partial charge on any atom is -0.480 e. The molecular weight excluding hydrogens is 866 g/mol. The quantitative estimate of drug-likeness (QED) is 0.164. The van der Waals surface area contributed by atoms with E-state index in [1.54, 1.807) is 0 Å². The largest absolute Gasteiger partial charge is 0.738 e. The number of fused-ring (bicyclic) bond motifs is 14. The average Bonchev–Trinajstić information content (AvgIpc) is 3.94. The van der Waals surface area contributed by atoms with Crippen molar-refractivity contribution in [3.63, 3.8) is 0 Å². The smallest absolute Gasteiger partial charge is 0.480 e. The number of hydrogen-bond donors (Lipinski definition) is 0. The molecule has 0 fully saturated rings. The summed E-state index contributed by atoms with van der Waals surface area (Å²) in [6.07, 6.45) is 0. The van der Waals surface area contributed by atoms with Crippen LogP contribution >= 0.6 is 46.4 Å². The number of benzene rings is 6. The molecule has 2 aromatic heterocycles. The molecule has 0 spiro atoms. The van der Waals surface area contributed by atoms with E-state index in [1.165, 1.54) is 0 Å². The van der Waals surface area contributed by atoms with Crippen LogP contribution in [0.15, 0.2) is 151 Å². The van der Waals surface area contributed by atoms with Crippen LogP contribution in [0.25, 0.3) is 21.5 Å². The number of hydrogen-bond acceptors (Lipinski definition) is 8. The molecule has 0 saturated carbocycles. The Labute approximate surface area is 368 Å². The summed E-state index contributed by atoms with van der Waals surface area (Å²) >= 11 is 27.2. The second-order valence-electron chi connectivity index (χ2n) is 15.1. The van der Waals surface area contributed by atoms with Crippen molar-refractivity contribution in [2.75, 3.05) is 0 Å². The molecule has 294 valence electrons. The fraction of sp³-hybridized carbons (Fsp3) is 0.0435. The molecule has 0 radical (unpaired) electrons. The minimum absolute atomic E-state index is 0.389. The van der Waals surface area contributed by atoms with Crippen LogP contribution in [-0.4, -0.2) is 40.7 Å². The van der Waals surface area contributed by atoms with E-state index in [2.05, 4.69) is 0 Å². The zero-order valence-electron chi connectivity index (χ0n) is 32.0. The first-order valence-corrected chi connectivity index (χ1v) is 22.4. The van der Waals surface area contributed by atoms with Crippen LogP contribution in [0.2, 0.25) is 20.1 Å². The predicted molar refractivity (Wildman–Crippen MR) is 245 cm³/mol. The van der Waals surface area contributed by atoms with Gasteiger partial charge in [0.25, 0.3) is 0 Å². The third-order valence-electron chi connectivity index (χ3n) is 11.1. The molecule has 0 N–H and O–H groups in total. The van der Waals surface area contributed by atoms with E-state index >= 15 is 0 Å². The van der Waals surface area contributed by atoms with Crippen LogP contribution in [-0.2, 0) is 0 Å². The summed E-state index contributed by atoms with van der Waals surface area (Å²) in [6.45, 7) is 4.05. The Hall–Kier alpha value is -6.34. The van der Waals surface area contributed by atoms with Gasteiger partial charge in [-0.3, -0.25) is 8.47 Å². The van der Waals surface area contributed by atoms with Gasteiger partial charge >= 0.3 is 8.88 Å². The van der Waals surface area contributed by atoms with Crippen molar-refractivity contribution in [2.45, 2.75) is 13.8 Å². The van der Waals surface area contributed by atoms with Gasteiger partial charge in [0.15, 0.2) is 23.3 Å². The first-order chi connectivity index (χ1) is 29.6. The van der Waals surface area contributed by atoms with Crippen molar-refractivity contribution in [2.24, 2.45) is 30.0 Å². The van der Waals surface area contributed by atoms with E-state index in [1.807, 2.05) is 144 Å². The van der Waals surface area contributed by atoms with Gasteiger partial charge in [0.1, 0.15) is 34.1 Å². The Morgan fingerprint density at radius 2 is 0.820 bits per heavy atom. The Balaban J connectivity index is 1.39. The molecule has 6 bridgehead atoms. The number of halogens is 4. The summed E-state index contributed by atoms with van der Waals surface area (Å²) in [5, 5.41) is 4.76. The maximum absolute atomic E-state index is 7.66. The van der Waals surface area contributed by atoms with E-state index in [0.717, 1.165) is 22.3 Å². The third-order valence-corrected chi connectivity index (χ3v) is 15.0. The molecule has 10 nitrogen and oxygen atoms in total. The van der Waals surface area contributed by atoms with E-state index in [4.69, 9.17) is 85.2 Å². The number of aromatic nitrogens is 2. The van der Waals surface area contributed by atoms with Crippen LogP contribution < -0.4 is 19.8 Å². The molecule has 0 aliphatic carbocycles. The van der Waals surface area contributed by atoms with Gasteiger partial charge in [-0.2, -0.15) is 0 Å². The van der Waals surface area contributed by atoms with Gasteiger partial charge in [-0.25, -0.2) is 30.0 Å². The van der Waals surface area contributed by atoms with Crippen molar-refractivity contribution in [1.29, 1.82) is 0 Å². The first kappa shape index (κ1) is 36.5. The molecule has 15 heteroatoms. The van der Waals surface area contributed by atoms with Crippen molar-refractivity contribution in [3.05, 3.63) is 186 Å². The number of rotatable bonds is 4. The van der Waals surface area contributed by atoms with Crippen LogP contribution in [0, 0.1) is 13.8 Å². The zero-order chi connectivity index (χ0) is 41.3. The number of amidine groups is 4. The van der Waals surface area contributed by atoms with Crippen LogP contribution in [0.4, 0.5) is 11.6 Å². The Morgan fingerprint density at radius 1 is 0.393 bits per heavy atom. The van der Waals surface area contributed by atoms with Crippen molar-refractivity contribution in [1.82, 2.24) is 8.47 Å². The molecule has 4 aliphatic heterocycles. The summed E-state index contributed by atoms with van der Waals surface area (Å²) in [5.74, 6) is 3.49. The Bertz CT molecular complexity index is 3510. The van der Waals surface area contributed by atoms with Gasteiger partial charge < -0.3 is 8.85 Å². The van der Waals surface area contributed by atoms with Crippen LogP contribution in [0.3, 0.4) is 0 Å². The summed E-state index contributed by atoms with van der Waals surface area (Å²) in [6, 6.07) is 38.1.